The number of aromatic nitrogens is 4. The summed E-state index contributed by atoms with van der Waals surface area (Å²) in [4.78, 5) is 12.6. The Kier molecular flexibility index (Phi) is 2.85. The average molecular weight is 284 g/mol. The van der Waals surface area contributed by atoms with Crippen LogP contribution < -0.4 is 10.3 Å². The van der Waals surface area contributed by atoms with Crippen LogP contribution in [0.3, 0.4) is 0 Å². The molecule has 4 rings (SSSR count). The molecule has 0 atom stereocenters. The molecule has 1 aliphatic heterocycles. The molecule has 0 saturated carbocycles. The highest BCUT2D eigenvalue weighted by Crippen LogP contribution is 2.30. The molecule has 0 radical (unpaired) electrons. The summed E-state index contributed by atoms with van der Waals surface area (Å²) in [6, 6.07) is 2.08. The summed E-state index contributed by atoms with van der Waals surface area (Å²) in [6.45, 7) is 2.14. The Morgan fingerprint density at radius 2 is 2.10 bits per heavy atom. The molecule has 0 bridgehead atoms. The van der Waals surface area contributed by atoms with Crippen LogP contribution in [0.2, 0.25) is 0 Å². The fourth-order valence-electron chi connectivity index (χ4n) is 3.32. The number of imidazole rings is 1. The van der Waals surface area contributed by atoms with Crippen LogP contribution in [0.25, 0.3) is 22.1 Å². The summed E-state index contributed by atoms with van der Waals surface area (Å²) in [5, 5.41) is 6.68. The lowest BCUT2D eigenvalue weighted by Crippen LogP contribution is -2.32. The second-order valence-corrected chi connectivity index (χ2v) is 5.89. The number of pyridine rings is 1. The van der Waals surface area contributed by atoms with E-state index in [1.54, 1.807) is 0 Å². The third-order valence-corrected chi connectivity index (χ3v) is 4.31. The standard InChI is InChI=1S/C15H20N6/c1-20(2)21-13-11-5-8-17-14(11)18-9-12(13)19-15(21)10-3-6-16-7-4-10/h5,8-10,16H,3-4,6-7H2,1-2H3,(H,17,18). The molecule has 1 fully saturated rings. The number of hydrogen-bond donors (Lipinski definition) is 2. The lowest BCUT2D eigenvalue weighted by Gasteiger charge is -2.26. The summed E-state index contributed by atoms with van der Waals surface area (Å²) in [7, 11) is 4.15. The van der Waals surface area contributed by atoms with Gasteiger partial charge in [-0.25, -0.2) is 14.6 Å². The van der Waals surface area contributed by atoms with Crippen molar-refractivity contribution in [3.05, 3.63) is 24.3 Å². The summed E-state index contributed by atoms with van der Waals surface area (Å²) in [5.41, 5.74) is 3.05. The molecule has 0 amide bonds. The molecule has 2 N–H and O–H groups in total. The molecule has 6 nitrogen and oxygen atoms in total. The van der Waals surface area contributed by atoms with Crippen molar-refractivity contribution in [3.8, 4) is 0 Å². The molecule has 1 aliphatic rings. The maximum absolute atomic E-state index is 4.90. The number of rotatable bonds is 2. The Morgan fingerprint density at radius 3 is 2.86 bits per heavy atom. The van der Waals surface area contributed by atoms with E-state index in [0.717, 1.165) is 53.8 Å². The molecular weight excluding hydrogens is 264 g/mol. The smallest absolute Gasteiger partial charge is 0.139 e. The average Bonchev–Trinajstić information content (AvgIpc) is 3.11. The fraction of sp³-hybridized carbons (Fsp3) is 0.467. The molecule has 21 heavy (non-hydrogen) atoms. The Labute approximate surface area is 123 Å². The van der Waals surface area contributed by atoms with E-state index in [-0.39, 0.29) is 0 Å². The molecule has 0 spiro atoms. The monoisotopic (exact) mass is 284 g/mol. The maximum Gasteiger partial charge on any atom is 0.139 e. The van der Waals surface area contributed by atoms with E-state index in [2.05, 4.69) is 45.1 Å². The summed E-state index contributed by atoms with van der Waals surface area (Å²) < 4.78 is 2.25. The van der Waals surface area contributed by atoms with E-state index in [9.17, 15) is 0 Å². The number of piperidine rings is 1. The number of hydrogen-bond acceptors (Lipinski definition) is 4. The van der Waals surface area contributed by atoms with Gasteiger partial charge in [-0.05, 0) is 32.0 Å². The van der Waals surface area contributed by atoms with Gasteiger partial charge in [-0.2, -0.15) is 0 Å². The Bertz CT molecular complexity index is 778. The van der Waals surface area contributed by atoms with Crippen molar-refractivity contribution in [2.24, 2.45) is 0 Å². The number of H-pyrrole nitrogens is 1. The first kappa shape index (κ1) is 12.6. The van der Waals surface area contributed by atoms with Crippen LogP contribution in [0.1, 0.15) is 24.6 Å². The van der Waals surface area contributed by atoms with Gasteiger partial charge in [0, 0.05) is 31.6 Å². The first-order valence-corrected chi connectivity index (χ1v) is 7.48. The van der Waals surface area contributed by atoms with Gasteiger partial charge in [0.2, 0.25) is 0 Å². The normalized spacial score (nSPS) is 16.9. The molecule has 3 aromatic heterocycles. The molecule has 3 aromatic rings. The van der Waals surface area contributed by atoms with Crippen LogP contribution in [0.4, 0.5) is 0 Å². The SMILES string of the molecule is CN(C)n1c(C2CCNCC2)nc2cnc3[nH]ccc3c21. The lowest BCUT2D eigenvalue weighted by atomic mass is 9.97. The third-order valence-electron chi connectivity index (χ3n) is 4.31. The first-order chi connectivity index (χ1) is 10.3. The van der Waals surface area contributed by atoms with Gasteiger partial charge in [-0.15, -0.1) is 0 Å². The lowest BCUT2D eigenvalue weighted by molar-refractivity contribution is 0.433. The van der Waals surface area contributed by atoms with E-state index in [1.165, 1.54) is 0 Å². The summed E-state index contributed by atoms with van der Waals surface area (Å²) >= 11 is 0. The summed E-state index contributed by atoms with van der Waals surface area (Å²) in [5.74, 6) is 1.67. The largest absolute Gasteiger partial charge is 0.346 e. The Morgan fingerprint density at radius 1 is 1.29 bits per heavy atom. The van der Waals surface area contributed by atoms with Gasteiger partial charge in [0.1, 0.15) is 22.5 Å². The predicted molar refractivity (Wildman–Crippen MR) is 84.3 cm³/mol. The number of nitrogens with one attached hydrogen (secondary N) is 2. The molecule has 0 aliphatic carbocycles. The minimum Gasteiger partial charge on any atom is -0.346 e. The first-order valence-electron chi connectivity index (χ1n) is 7.48. The zero-order chi connectivity index (χ0) is 14.4. The van der Waals surface area contributed by atoms with Crippen molar-refractivity contribution in [3.63, 3.8) is 0 Å². The van der Waals surface area contributed by atoms with E-state index in [1.807, 2.05) is 12.4 Å². The minimum atomic E-state index is 0.509. The topological polar surface area (TPSA) is 61.8 Å². The van der Waals surface area contributed by atoms with Crippen molar-refractivity contribution in [2.45, 2.75) is 18.8 Å². The predicted octanol–water partition coefficient (Wildman–Crippen LogP) is 1.58. The Hall–Kier alpha value is -2.08. The third kappa shape index (κ3) is 1.90. The van der Waals surface area contributed by atoms with E-state index >= 15 is 0 Å². The van der Waals surface area contributed by atoms with Crippen molar-refractivity contribution >= 4 is 22.1 Å². The van der Waals surface area contributed by atoms with Gasteiger partial charge < -0.3 is 15.3 Å². The number of fused-ring (bicyclic) bond motifs is 3. The maximum atomic E-state index is 4.90. The van der Waals surface area contributed by atoms with Gasteiger partial charge in [0.25, 0.3) is 0 Å². The van der Waals surface area contributed by atoms with Gasteiger partial charge in [-0.3, -0.25) is 0 Å². The van der Waals surface area contributed by atoms with Crippen molar-refractivity contribution < 1.29 is 0 Å². The summed E-state index contributed by atoms with van der Waals surface area (Å²) in [6.07, 6.45) is 6.09. The Balaban J connectivity index is 1.99. The van der Waals surface area contributed by atoms with E-state index in [0.29, 0.717) is 5.92 Å². The molecular formula is C15H20N6. The highest BCUT2D eigenvalue weighted by molar-refractivity contribution is 6.01. The van der Waals surface area contributed by atoms with Crippen LogP contribution in [-0.2, 0) is 0 Å². The number of aromatic amines is 1. The van der Waals surface area contributed by atoms with Gasteiger partial charge in [0.15, 0.2) is 0 Å². The molecule has 0 aromatic carbocycles. The molecule has 0 unspecified atom stereocenters. The second-order valence-electron chi connectivity index (χ2n) is 5.89. The molecule has 6 heteroatoms. The van der Waals surface area contributed by atoms with Crippen molar-refractivity contribution in [2.75, 3.05) is 32.2 Å². The molecule has 110 valence electrons. The van der Waals surface area contributed by atoms with Crippen LogP contribution >= 0.6 is 0 Å². The highest BCUT2D eigenvalue weighted by atomic mass is 15.5. The van der Waals surface area contributed by atoms with Crippen molar-refractivity contribution in [1.82, 2.24) is 24.9 Å². The van der Waals surface area contributed by atoms with E-state index in [4.69, 9.17) is 4.98 Å². The van der Waals surface area contributed by atoms with Gasteiger partial charge in [-0.1, -0.05) is 0 Å². The fourth-order valence-corrected chi connectivity index (χ4v) is 3.32. The van der Waals surface area contributed by atoms with Gasteiger partial charge in [0.05, 0.1) is 6.20 Å². The molecule has 1 saturated heterocycles. The van der Waals surface area contributed by atoms with Crippen LogP contribution in [-0.4, -0.2) is 46.8 Å². The van der Waals surface area contributed by atoms with Crippen molar-refractivity contribution in [1.29, 1.82) is 0 Å². The van der Waals surface area contributed by atoms with E-state index < -0.39 is 0 Å². The van der Waals surface area contributed by atoms with Crippen LogP contribution in [0.15, 0.2) is 18.5 Å². The minimum absolute atomic E-state index is 0.509. The van der Waals surface area contributed by atoms with Gasteiger partial charge >= 0.3 is 0 Å². The zero-order valence-electron chi connectivity index (χ0n) is 12.4. The number of nitrogens with zero attached hydrogens (tertiary/aromatic N) is 4. The highest BCUT2D eigenvalue weighted by Gasteiger charge is 2.24. The molecule has 4 heterocycles. The van der Waals surface area contributed by atoms with Crippen LogP contribution in [0.5, 0.6) is 0 Å². The quantitative estimate of drug-likeness (QED) is 0.750. The van der Waals surface area contributed by atoms with Crippen LogP contribution in [0, 0.1) is 0 Å². The zero-order valence-corrected chi connectivity index (χ0v) is 12.4. The second kappa shape index (κ2) is 4.73.